The number of sulfone groups is 1. The van der Waals surface area contributed by atoms with Crippen LogP contribution in [-0.4, -0.2) is 47.4 Å². The molecule has 0 aliphatic carbocycles. The summed E-state index contributed by atoms with van der Waals surface area (Å²) in [5, 5.41) is 5.80. The highest BCUT2D eigenvalue weighted by atomic mass is 32.2. The van der Waals surface area contributed by atoms with Gasteiger partial charge in [-0.25, -0.2) is 17.8 Å². The minimum atomic E-state index is -3.90. The number of benzene rings is 2. The van der Waals surface area contributed by atoms with E-state index in [1.807, 2.05) is 6.07 Å². The highest BCUT2D eigenvalue weighted by Gasteiger charge is 2.26. The molecule has 194 valence electrons. The van der Waals surface area contributed by atoms with E-state index in [4.69, 9.17) is 10.5 Å². The number of nitrogens with two attached hydrogens (primary N) is 1. The topological polar surface area (TPSA) is 133 Å². The van der Waals surface area contributed by atoms with Crippen LogP contribution < -0.4 is 15.4 Å². The molecule has 5 aromatic rings. The van der Waals surface area contributed by atoms with Crippen molar-refractivity contribution in [2.24, 2.45) is 7.05 Å². The van der Waals surface area contributed by atoms with E-state index < -0.39 is 21.6 Å². The molecule has 0 spiro atoms. The van der Waals surface area contributed by atoms with Gasteiger partial charge in [-0.3, -0.25) is 14.5 Å². The first-order valence-corrected chi connectivity index (χ1v) is 13.3. The Hall–Kier alpha value is -4.58. The zero-order valence-corrected chi connectivity index (χ0v) is 21.5. The van der Waals surface area contributed by atoms with Crippen molar-refractivity contribution in [3.63, 3.8) is 0 Å². The van der Waals surface area contributed by atoms with E-state index in [1.54, 1.807) is 30.1 Å². The van der Waals surface area contributed by atoms with Gasteiger partial charge in [0.2, 0.25) is 0 Å². The Labute approximate surface area is 217 Å². The van der Waals surface area contributed by atoms with Gasteiger partial charge in [-0.1, -0.05) is 12.1 Å². The van der Waals surface area contributed by atoms with Crippen LogP contribution in [0.5, 0.6) is 5.75 Å². The van der Waals surface area contributed by atoms with Crippen LogP contribution in [0.3, 0.4) is 0 Å². The maximum Gasteiger partial charge on any atom is 0.260 e. The molecular formula is C26H23FN6O4S. The Morgan fingerprint density at radius 1 is 1.11 bits per heavy atom. The van der Waals surface area contributed by atoms with Gasteiger partial charge in [0.15, 0.2) is 9.84 Å². The number of carbonyl (C=O) groups excluding carboxylic acids is 1. The molecule has 0 saturated heterocycles. The molecule has 0 fully saturated rings. The molecule has 2 N–H and O–H groups in total. The first-order chi connectivity index (χ1) is 18.1. The number of pyridine rings is 2. The van der Waals surface area contributed by atoms with E-state index in [1.165, 1.54) is 36.5 Å². The number of amides is 1. The highest BCUT2D eigenvalue weighted by molar-refractivity contribution is 7.90. The number of nitrogens with zero attached hydrogens (tertiary/aromatic N) is 5. The van der Waals surface area contributed by atoms with Crippen molar-refractivity contribution < 1.29 is 22.3 Å². The maximum atomic E-state index is 14.1. The Kier molecular flexibility index (Phi) is 6.19. The predicted octanol–water partition coefficient (Wildman–Crippen LogP) is 3.50. The van der Waals surface area contributed by atoms with Crippen molar-refractivity contribution in [2.45, 2.75) is 11.4 Å². The molecule has 10 nitrogen and oxygen atoms in total. The second kappa shape index (κ2) is 9.38. The second-order valence-electron chi connectivity index (χ2n) is 8.77. The largest absolute Gasteiger partial charge is 0.495 e. The standard InChI is InChI=1S/C26H23FN6O4S/c1-32-24-19-6-4-15(8-21(19)31-25(28)20(24)13-30-32)14-33(26(34)16-9-18(37-2)12-29-11-16)22-7-5-17(27)10-23(22)38(3,35)36/h4-13H,14H2,1-3H3,(H2,28,31). The van der Waals surface area contributed by atoms with E-state index in [0.29, 0.717) is 22.6 Å². The minimum absolute atomic E-state index is 0.0244. The van der Waals surface area contributed by atoms with Crippen LogP contribution in [0.15, 0.2) is 66.0 Å². The molecule has 38 heavy (non-hydrogen) atoms. The normalized spacial score (nSPS) is 11.7. The van der Waals surface area contributed by atoms with Crippen molar-refractivity contribution in [1.82, 2.24) is 19.7 Å². The van der Waals surface area contributed by atoms with Crippen molar-refractivity contribution in [3.8, 4) is 5.75 Å². The molecule has 0 atom stereocenters. The van der Waals surface area contributed by atoms with Crippen molar-refractivity contribution in [3.05, 3.63) is 78.0 Å². The van der Waals surface area contributed by atoms with Crippen molar-refractivity contribution in [2.75, 3.05) is 24.0 Å². The molecule has 0 saturated carbocycles. The molecule has 0 aliphatic rings. The van der Waals surface area contributed by atoms with Gasteiger partial charge in [0, 0.05) is 24.9 Å². The van der Waals surface area contributed by atoms with Gasteiger partial charge in [0.1, 0.15) is 17.4 Å². The number of methoxy groups -OCH3 is 1. The summed E-state index contributed by atoms with van der Waals surface area (Å²) in [4.78, 5) is 23.3. The Morgan fingerprint density at radius 2 is 1.89 bits per heavy atom. The number of halogens is 1. The summed E-state index contributed by atoms with van der Waals surface area (Å²) in [6.45, 7) is -0.0505. The average molecular weight is 535 g/mol. The molecule has 1 amide bonds. The zero-order chi connectivity index (χ0) is 27.2. The van der Waals surface area contributed by atoms with Gasteiger partial charge in [-0.2, -0.15) is 5.10 Å². The molecular weight excluding hydrogens is 511 g/mol. The number of hydrogen-bond acceptors (Lipinski definition) is 8. The van der Waals surface area contributed by atoms with Crippen LogP contribution in [0.2, 0.25) is 0 Å². The van der Waals surface area contributed by atoms with Crippen LogP contribution in [-0.2, 0) is 23.4 Å². The average Bonchev–Trinajstić information content (AvgIpc) is 3.29. The number of anilines is 2. The zero-order valence-electron chi connectivity index (χ0n) is 20.7. The molecule has 0 bridgehead atoms. The lowest BCUT2D eigenvalue weighted by Gasteiger charge is -2.25. The lowest BCUT2D eigenvalue weighted by atomic mass is 10.1. The molecule has 0 aliphatic heterocycles. The summed E-state index contributed by atoms with van der Waals surface area (Å²) in [5.41, 5.74) is 8.37. The fourth-order valence-electron chi connectivity index (χ4n) is 4.36. The van der Waals surface area contributed by atoms with Gasteiger partial charge in [-0.15, -0.1) is 0 Å². The summed E-state index contributed by atoms with van der Waals surface area (Å²) < 4.78 is 46.2. The molecule has 5 rings (SSSR count). The number of nitrogen functional groups attached to an aromatic ring is 1. The van der Waals surface area contributed by atoms with E-state index >= 15 is 0 Å². The number of hydrogen-bond donors (Lipinski definition) is 1. The van der Waals surface area contributed by atoms with Gasteiger partial charge in [-0.05, 0) is 35.9 Å². The number of aromatic nitrogens is 4. The third-order valence-electron chi connectivity index (χ3n) is 6.17. The lowest BCUT2D eigenvalue weighted by Crippen LogP contribution is -2.32. The third kappa shape index (κ3) is 4.50. The first kappa shape index (κ1) is 25.1. The molecule has 0 unspecified atom stereocenters. The summed E-state index contributed by atoms with van der Waals surface area (Å²) >= 11 is 0. The number of ether oxygens (including phenoxy) is 1. The van der Waals surface area contributed by atoms with Crippen LogP contribution in [0.4, 0.5) is 15.9 Å². The van der Waals surface area contributed by atoms with Crippen LogP contribution >= 0.6 is 0 Å². The third-order valence-corrected chi connectivity index (χ3v) is 7.29. The molecule has 0 radical (unpaired) electrons. The summed E-state index contributed by atoms with van der Waals surface area (Å²) in [6, 6.07) is 10.2. The summed E-state index contributed by atoms with van der Waals surface area (Å²) in [7, 11) is -0.651. The summed E-state index contributed by atoms with van der Waals surface area (Å²) in [6.07, 6.45) is 5.40. The van der Waals surface area contributed by atoms with Crippen LogP contribution in [0.25, 0.3) is 21.8 Å². The fourth-order valence-corrected chi connectivity index (χ4v) is 5.25. The second-order valence-corrected chi connectivity index (χ2v) is 10.8. The summed E-state index contributed by atoms with van der Waals surface area (Å²) in [5.74, 6) is -0.632. The lowest BCUT2D eigenvalue weighted by molar-refractivity contribution is 0.0984. The maximum absolute atomic E-state index is 14.1. The highest BCUT2D eigenvalue weighted by Crippen LogP contribution is 2.32. The monoisotopic (exact) mass is 534 g/mol. The van der Waals surface area contributed by atoms with E-state index in [2.05, 4.69) is 15.1 Å². The Bertz CT molecular complexity index is 1840. The smallest absolute Gasteiger partial charge is 0.260 e. The number of rotatable bonds is 6. The Balaban J connectivity index is 1.67. The number of carbonyl (C=O) groups is 1. The SMILES string of the molecule is COc1cncc(C(=O)N(Cc2ccc3c(c2)nc(N)c2cnn(C)c23)c2ccc(F)cc2S(C)(=O)=O)c1. The Morgan fingerprint density at radius 3 is 2.63 bits per heavy atom. The van der Waals surface area contributed by atoms with E-state index in [0.717, 1.165) is 34.7 Å². The molecule has 12 heteroatoms. The number of aryl methyl sites for hydroxylation is 1. The van der Waals surface area contributed by atoms with E-state index in [-0.39, 0.29) is 22.7 Å². The van der Waals surface area contributed by atoms with Crippen molar-refractivity contribution >= 4 is 49.1 Å². The number of fused-ring (bicyclic) bond motifs is 3. The van der Waals surface area contributed by atoms with Crippen LogP contribution in [0.1, 0.15) is 15.9 Å². The van der Waals surface area contributed by atoms with Gasteiger partial charge >= 0.3 is 0 Å². The van der Waals surface area contributed by atoms with Gasteiger partial charge in [0.25, 0.3) is 5.91 Å². The fraction of sp³-hybridized carbons (Fsp3) is 0.154. The van der Waals surface area contributed by atoms with Crippen molar-refractivity contribution in [1.29, 1.82) is 0 Å². The van der Waals surface area contributed by atoms with Gasteiger partial charge < -0.3 is 15.4 Å². The molecule has 3 aromatic heterocycles. The minimum Gasteiger partial charge on any atom is -0.495 e. The molecule has 2 aromatic carbocycles. The predicted molar refractivity (Wildman–Crippen MR) is 141 cm³/mol. The quantitative estimate of drug-likeness (QED) is 0.350. The van der Waals surface area contributed by atoms with Crippen LogP contribution in [0, 0.1) is 5.82 Å². The first-order valence-electron chi connectivity index (χ1n) is 11.4. The van der Waals surface area contributed by atoms with Gasteiger partial charge in [0.05, 0.1) is 58.6 Å². The van der Waals surface area contributed by atoms with E-state index in [9.17, 15) is 17.6 Å². The molecule has 3 heterocycles.